The smallest absolute Gasteiger partial charge is 0.341 e. The average Bonchev–Trinajstić information content (AvgIpc) is 3.30. The minimum atomic E-state index is -0.751. The number of thiophene rings is 1. The summed E-state index contributed by atoms with van der Waals surface area (Å²) in [7, 11) is 0. The molecule has 1 aliphatic heterocycles. The van der Waals surface area contributed by atoms with Crippen molar-refractivity contribution in [2.75, 3.05) is 23.4 Å². The predicted molar refractivity (Wildman–Crippen MR) is 122 cm³/mol. The number of carbonyl (C=O) groups excluding carboxylic acids is 4. The number of Topliss-reactive ketones (excluding diaryl/α,β-unsaturated/α-hetero) is 1. The molecule has 0 atom stereocenters. The second kappa shape index (κ2) is 8.76. The van der Waals surface area contributed by atoms with E-state index < -0.39 is 23.6 Å². The first-order valence-corrected chi connectivity index (χ1v) is 10.9. The van der Waals surface area contributed by atoms with Gasteiger partial charge in [0, 0.05) is 10.9 Å². The van der Waals surface area contributed by atoms with Gasteiger partial charge in [0.2, 0.25) is 5.91 Å². The van der Waals surface area contributed by atoms with E-state index in [1.54, 1.807) is 36.6 Å². The van der Waals surface area contributed by atoms with E-state index in [1.165, 1.54) is 11.3 Å². The van der Waals surface area contributed by atoms with Gasteiger partial charge >= 0.3 is 5.97 Å². The van der Waals surface area contributed by atoms with Crippen LogP contribution in [0.3, 0.4) is 0 Å². The number of nitrogens with zero attached hydrogens (tertiary/aromatic N) is 1. The standard InChI is InChI=1S/C24H20N2O5S/c1-3-31-24(30)20-17(15-10-8-14(2)9-11-15)13-32-22(20)25-19(27)12-26-18-7-5-4-6-16(18)21(28)23(26)29/h4-11,13H,3,12H2,1-2H3,(H,25,27). The number of hydrogen-bond acceptors (Lipinski definition) is 6. The van der Waals surface area contributed by atoms with Crippen molar-refractivity contribution in [2.45, 2.75) is 13.8 Å². The van der Waals surface area contributed by atoms with E-state index in [0.29, 0.717) is 16.3 Å². The average molecular weight is 449 g/mol. The van der Waals surface area contributed by atoms with Gasteiger partial charge in [0.15, 0.2) is 0 Å². The van der Waals surface area contributed by atoms with E-state index in [4.69, 9.17) is 4.74 Å². The molecular weight excluding hydrogens is 428 g/mol. The lowest BCUT2D eigenvalue weighted by molar-refractivity contribution is -0.118. The van der Waals surface area contributed by atoms with Gasteiger partial charge in [-0.05, 0) is 31.5 Å². The Kier molecular flexibility index (Phi) is 5.87. The quantitative estimate of drug-likeness (QED) is 0.453. The van der Waals surface area contributed by atoms with Crippen LogP contribution in [0.2, 0.25) is 0 Å². The fourth-order valence-electron chi connectivity index (χ4n) is 3.52. The van der Waals surface area contributed by atoms with Crippen LogP contribution in [0, 0.1) is 6.92 Å². The van der Waals surface area contributed by atoms with Crippen LogP contribution in [0.25, 0.3) is 11.1 Å². The van der Waals surface area contributed by atoms with Gasteiger partial charge in [0.25, 0.3) is 11.7 Å². The Balaban J connectivity index is 1.61. The molecule has 0 unspecified atom stereocenters. The summed E-state index contributed by atoms with van der Waals surface area (Å²) in [6.07, 6.45) is 0. The van der Waals surface area contributed by atoms with Crippen molar-refractivity contribution in [3.8, 4) is 11.1 Å². The number of aryl methyl sites for hydroxylation is 1. The number of rotatable bonds is 6. The highest BCUT2D eigenvalue weighted by Crippen LogP contribution is 2.36. The number of fused-ring (bicyclic) bond motifs is 1. The Labute approximate surface area is 188 Å². The maximum atomic E-state index is 12.8. The predicted octanol–water partition coefficient (Wildman–Crippen LogP) is 4.07. The van der Waals surface area contributed by atoms with Gasteiger partial charge < -0.3 is 10.1 Å². The van der Waals surface area contributed by atoms with Crippen molar-refractivity contribution >= 4 is 45.6 Å². The van der Waals surface area contributed by atoms with Gasteiger partial charge in [0.1, 0.15) is 17.1 Å². The van der Waals surface area contributed by atoms with Gasteiger partial charge in [0.05, 0.1) is 17.9 Å². The summed E-state index contributed by atoms with van der Waals surface area (Å²) in [5.41, 5.74) is 3.50. The SMILES string of the molecule is CCOC(=O)c1c(-c2ccc(C)cc2)csc1NC(=O)CN1C(=O)C(=O)c2ccccc21. The van der Waals surface area contributed by atoms with Gasteiger partial charge in [-0.25, -0.2) is 4.79 Å². The third-order valence-corrected chi connectivity index (χ3v) is 5.96. The molecule has 162 valence electrons. The molecule has 1 aliphatic rings. The van der Waals surface area contributed by atoms with Crippen molar-refractivity contribution in [3.63, 3.8) is 0 Å². The lowest BCUT2D eigenvalue weighted by atomic mass is 10.0. The van der Waals surface area contributed by atoms with Crippen LogP contribution in [0.1, 0.15) is 33.2 Å². The molecule has 2 heterocycles. The van der Waals surface area contributed by atoms with E-state index >= 15 is 0 Å². The molecule has 32 heavy (non-hydrogen) atoms. The minimum Gasteiger partial charge on any atom is -0.462 e. The van der Waals surface area contributed by atoms with Crippen LogP contribution in [0.15, 0.2) is 53.9 Å². The van der Waals surface area contributed by atoms with E-state index in [2.05, 4.69) is 5.32 Å². The summed E-state index contributed by atoms with van der Waals surface area (Å²) in [4.78, 5) is 51.1. The molecule has 0 spiro atoms. The van der Waals surface area contributed by atoms with Crippen molar-refractivity contribution < 1.29 is 23.9 Å². The number of carbonyl (C=O) groups is 4. The molecule has 4 rings (SSSR count). The van der Waals surface area contributed by atoms with Gasteiger partial charge in [-0.2, -0.15) is 0 Å². The molecule has 2 aromatic carbocycles. The first kappa shape index (κ1) is 21.5. The Bertz CT molecular complexity index is 1230. The number of hydrogen-bond donors (Lipinski definition) is 1. The number of para-hydroxylation sites is 1. The number of esters is 1. The van der Waals surface area contributed by atoms with Crippen LogP contribution in [-0.2, 0) is 14.3 Å². The first-order chi connectivity index (χ1) is 15.4. The van der Waals surface area contributed by atoms with Crippen molar-refractivity contribution in [2.24, 2.45) is 0 Å². The maximum Gasteiger partial charge on any atom is 0.341 e. The maximum absolute atomic E-state index is 12.8. The zero-order chi connectivity index (χ0) is 22.8. The fourth-order valence-corrected chi connectivity index (χ4v) is 4.49. The topological polar surface area (TPSA) is 92.8 Å². The molecule has 1 aromatic heterocycles. The third-order valence-electron chi connectivity index (χ3n) is 5.07. The summed E-state index contributed by atoms with van der Waals surface area (Å²) < 4.78 is 5.21. The van der Waals surface area contributed by atoms with Crippen molar-refractivity contribution in [3.05, 3.63) is 70.6 Å². The minimum absolute atomic E-state index is 0.191. The van der Waals surface area contributed by atoms with Crippen molar-refractivity contribution in [1.82, 2.24) is 0 Å². The highest BCUT2D eigenvalue weighted by Gasteiger charge is 2.36. The highest BCUT2D eigenvalue weighted by atomic mass is 32.1. The number of benzene rings is 2. The van der Waals surface area contributed by atoms with Crippen LogP contribution in [0.5, 0.6) is 0 Å². The van der Waals surface area contributed by atoms with E-state index in [-0.39, 0.29) is 24.3 Å². The van der Waals surface area contributed by atoms with E-state index in [0.717, 1.165) is 16.0 Å². The Morgan fingerprint density at radius 1 is 1.03 bits per heavy atom. The third kappa shape index (κ3) is 3.92. The Morgan fingerprint density at radius 2 is 1.75 bits per heavy atom. The number of ketones is 1. The molecular formula is C24H20N2O5S. The molecule has 7 nitrogen and oxygen atoms in total. The molecule has 1 N–H and O–H groups in total. The molecule has 0 fully saturated rings. The number of ether oxygens (including phenoxy) is 1. The fraction of sp³-hybridized carbons (Fsp3) is 0.167. The number of amides is 2. The normalized spacial score (nSPS) is 12.6. The van der Waals surface area contributed by atoms with Gasteiger partial charge in [-0.3, -0.25) is 19.3 Å². The number of anilines is 2. The molecule has 0 saturated carbocycles. The molecule has 0 bridgehead atoms. The molecule has 8 heteroatoms. The zero-order valence-corrected chi connectivity index (χ0v) is 18.3. The molecule has 2 amide bonds. The first-order valence-electron chi connectivity index (χ1n) is 10.0. The molecule has 3 aromatic rings. The summed E-state index contributed by atoms with van der Waals surface area (Å²) in [5, 5.41) is 4.83. The van der Waals surface area contributed by atoms with Crippen LogP contribution in [-0.4, -0.2) is 36.7 Å². The van der Waals surface area contributed by atoms with Crippen molar-refractivity contribution in [1.29, 1.82) is 0 Å². The van der Waals surface area contributed by atoms with E-state index in [9.17, 15) is 19.2 Å². The zero-order valence-electron chi connectivity index (χ0n) is 17.5. The second-order valence-electron chi connectivity index (χ2n) is 7.23. The van der Waals surface area contributed by atoms with Crippen LogP contribution in [0.4, 0.5) is 10.7 Å². The Morgan fingerprint density at radius 3 is 2.47 bits per heavy atom. The summed E-state index contributed by atoms with van der Waals surface area (Å²) >= 11 is 1.20. The van der Waals surface area contributed by atoms with Crippen LogP contribution >= 0.6 is 11.3 Å². The van der Waals surface area contributed by atoms with E-state index in [1.807, 2.05) is 31.2 Å². The highest BCUT2D eigenvalue weighted by molar-refractivity contribution is 7.15. The summed E-state index contributed by atoms with van der Waals surface area (Å²) in [6, 6.07) is 14.2. The number of nitrogens with one attached hydrogen (secondary N) is 1. The molecule has 0 aliphatic carbocycles. The van der Waals surface area contributed by atoms with Gasteiger partial charge in [-0.1, -0.05) is 42.0 Å². The summed E-state index contributed by atoms with van der Waals surface area (Å²) in [5.74, 6) is -2.46. The lowest BCUT2D eigenvalue weighted by Gasteiger charge is -2.16. The molecule has 0 saturated heterocycles. The monoisotopic (exact) mass is 448 g/mol. The van der Waals surface area contributed by atoms with Gasteiger partial charge in [-0.15, -0.1) is 11.3 Å². The molecule has 0 radical (unpaired) electrons. The Hall–Kier alpha value is -3.78. The van der Waals surface area contributed by atoms with Crippen LogP contribution < -0.4 is 10.2 Å². The summed E-state index contributed by atoms with van der Waals surface area (Å²) in [6.45, 7) is 3.53. The largest absolute Gasteiger partial charge is 0.462 e. The lowest BCUT2D eigenvalue weighted by Crippen LogP contribution is -2.37. The second-order valence-corrected chi connectivity index (χ2v) is 8.11.